The summed E-state index contributed by atoms with van der Waals surface area (Å²) < 4.78 is 5.18. The van der Waals surface area contributed by atoms with E-state index in [9.17, 15) is 9.59 Å². The zero-order chi connectivity index (χ0) is 18.7. The summed E-state index contributed by atoms with van der Waals surface area (Å²) in [5, 5.41) is 2.81. The fourth-order valence-corrected chi connectivity index (χ4v) is 3.42. The molecule has 0 saturated heterocycles. The number of amides is 1. The van der Waals surface area contributed by atoms with E-state index in [4.69, 9.17) is 45.3 Å². The zero-order valence-corrected chi connectivity index (χ0v) is 16.3. The lowest BCUT2D eigenvalue weighted by molar-refractivity contribution is -0.380. The van der Waals surface area contributed by atoms with Crippen molar-refractivity contribution in [3.8, 4) is 0 Å². The van der Waals surface area contributed by atoms with Gasteiger partial charge in [0.15, 0.2) is 6.10 Å². The molecule has 1 aromatic rings. The number of nitrogens with two attached hydrogens (primary N) is 1. The molecule has 0 aromatic carbocycles. The van der Waals surface area contributed by atoms with Crippen LogP contribution in [0.2, 0.25) is 15.2 Å². The number of rotatable bonds is 4. The predicted molar refractivity (Wildman–Crippen MR) is 96.9 cm³/mol. The van der Waals surface area contributed by atoms with Gasteiger partial charge in [-0.3, -0.25) is 4.79 Å². The number of ether oxygens (including phenoxy) is 1. The van der Waals surface area contributed by atoms with E-state index in [1.165, 1.54) is 13.3 Å². The first-order chi connectivity index (χ1) is 11.7. The fraction of sp³-hybridized carbons (Fsp3) is 0.562. The number of aromatic nitrogens is 1. The summed E-state index contributed by atoms with van der Waals surface area (Å²) in [5.41, 5.74) is 5.51. The lowest BCUT2D eigenvalue weighted by atomic mass is 9.86. The van der Waals surface area contributed by atoms with Gasteiger partial charge in [-0.15, -0.1) is 0 Å². The van der Waals surface area contributed by atoms with Crippen LogP contribution in [0.15, 0.2) is 0 Å². The number of hydrogen-bond acceptors (Lipinski definition) is 4. The highest BCUT2D eigenvalue weighted by Crippen LogP contribution is 2.32. The number of H-pyrrole nitrogens is 1. The number of halogens is 3. The maximum absolute atomic E-state index is 12.3. The number of hydrogen-bond donors (Lipinski definition) is 2. The molecule has 4 N–H and O–H groups in total. The maximum atomic E-state index is 12.3. The molecule has 1 saturated carbocycles. The number of carbonyl (C=O) groups is 2. The first kappa shape index (κ1) is 20.1. The summed E-state index contributed by atoms with van der Waals surface area (Å²) in [6.07, 6.45) is 3.27. The van der Waals surface area contributed by atoms with E-state index in [1.807, 2.05) is 0 Å². The van der Waals surface area contributed by atoms with E-state index < -0.39 is 12.1 Å². The number of nitrogens with one attached hydrogen (secondary N) is 2. The molecule has 1 aromatic heterocycles. The Morgan fingerprint density at radius 2 is 1.88 bits per heavy atom. The first-order valence-corrected chi connectivity index (χ1v) is 9.22. The molecule has 25 heavy (non-hydrogen) atoms. The van der Waals surface area contributed by atoms with Crippen LogP contribution in [0.5, 0.6) is 0 Å². The van der Waals surface area contributed by atoms with Gasteiger partial charge >= 0.3 is 11.7 Å². The van der Waals surface area contributed by atoms with Crippen molar-refractivity contribution in [2.24, 2.45) is 5.92 Å². The molecule has 0 bridgehead atoms. The molecular weight excluding hydrogens is 389 g/mol. The standard InChI is InChI=1S/C16H20Cl3N3O3/c1-7-5-3-4-6-9(7)21-15(23)8(2)25-16(24)13-10(17)12(20)11(18)14(19)22-13/h7-9H,3-6H2,1-2H3,(H2,20,22)(H,21,23)/p+1/t7-,8-,9+/m1/s1. The van der Waals surface area contributed by atoms with Crippen LogP contribution in [0.3, 0.4) is 0 Å². The molecule has 2 rings (SSSR count). The molecule has 1 fully saturated rings. The Morgan fingerprint density at radius 1 is 1.24 bits per heavy atom. The minimum Gasteiger partial charge on any atom is -0.445 e. The molecular formula is C16H21Cl3N3O3+. The lowest BCUT2D eigenvalue weighted by Gasteiger charge is -2.30. The van der Waals surface area contributed by atoms with Crippen LogP contribution in [-0.4, -0.2) is 24.0 Å². The summed E-state index contributed by atoms with van der Waals surface area (Å²) in [6.45, 7) is 3.60. The van der Waals surface area contributed by atoms with Gasteiger partial charge in [-0.25, -0.2) is 4.79 Å². The van der Waals surface area contributed by atoms with Crippen LogP contribution in [-0.2, 0) is 9.53 Å². The average molecular weight is 410 g/mol. The number of aromatic amines is 1. The molecule has 0 aliphatic heterocycles. The summed E-state index contributed by atoms with van der Waals surface area (Å²) in [7, 11) is 0. The van der Waals surface area contributed by atoms with Gasteiger partial charge in [-0.05, 0) is 37.3 Å². The van der Waals surface area contributed by atoms with Crippen LogP contribution < -0.4 is 16.0 Å². The molecule has 1 aliphatic rings. The normalized spacial score (nSPS) is 21.5. The van der Waals surface area contributed by atoms with Crippen molar-refractivity contribution in [3.05, 3.63) is 20.9 Å². The van der Waals surface area contributed by atoms with Crippen LogP contribution in [0.1, 0.15) is 50.0 Å². The van der Waals surface area contributed by atoms with E-state index in [-0.39, 0.29) is 38.5 Å². The molecule has 0 radical (unpaired) electrons. The van der Waals surface area contributed by atoms with Crippen molar-refractivity contribution >= 4 is 52.4 Å². The highest BCUT2D eigenvalue weighted by Gasteiger charge is 2.31. The van der Waals surface area contributed by atoms with E-state index in [0.29, 0.717) is 5.92 Å². The molecule has 0 unspecified atom stereocenters. The van der Waals surface area contributed by atoms with Crippen molar-refractivity contribution in [1.29, 1.82) is 0 Å². The third-order valence-electron chi connectivity index (χ3n) is 4.42. The number of carbonyl (C=O) groups excluding carboxylic acids is 2. The van der Waals surface area contributed by atoms with Crippen molar-refractivity contribution in [3.63, 3.8) is 0 Å². The van der Waals surface area contributed by atoms with Gasteiger partial charge in [0.1, 0.15) is 10.0 Å². The van der Waals surface area contributed by atoms with Crippen molar-refractivity contribution in [2.75, 3.05) is 5.73 Å². The maximum Gasteiger partial charge on any atom is 0.406 e. The highest BCUT2D eigenvalue weighted by molar-refractivity contribution is 6.45. The monoisotopic (exact) mass is 408 g/mol. The van der Waals surface area contributed by atoms with Gasteiger partial charge in [-0.2, -0.15) is 4.98 Å². The molecule has 138 valence electrons. The van der Waals surface area contributed by atoms with Crippen molar-refractivity contribution in [2.45, 2.75) is 51.7 Å². The number of esters is 1. The Kier molecular flexibility index (Phi) is 6.77. The smallest absolute Gasteiger partial charge is 0.406 e. The van der Waals surface area contributed by atoms with Crippen LogP contribution >= 0.6 is 34.8 Å². The summed E-state index contributed by atoms with van der Waals surface area (Å²) >= 11 is 17.7. The SMILES string of the molecule is C[C@@H]1CCCC[C@@H]1NC(=O)[C@@H](C)OC(=O)c1[nH+]c(Cl)c(Cl)c(N)c1Cl. The lowest BCUT2D eigenvalue weighted by Crippen LogP contribution is -2.46. The third kappa shape index (κ3) is 4.68. The van der Waals surface area contributed by atoms with E-state index >= 15 is 0 Å². The number of anilines is 1. The molecule has 0 spiro atoms. The Labute approximate surface area is 161 Å². The third-order valence-corrected chi connectivity index (χ3v) is 5.58. The van der Waals surface area contributed by atoms with Crippen molar-refractivity contribution < 1.29 is 19.3 Å². The Balaban J connectivity index is 2.03. The Hall–Kier alpha value is -1.24. The minimum absolute atomic E-state index is 0.0142. The zero-order valence-electron chi connectivity index (χ0n) is 14.0. The molecule has 1 amide bonds. The van der Waals surface area contributed by atoms with Gasteiger partial charge in [0.25, 0.3) is 11.1 Å². The van der Waals surface area contributed by atoms with Gasteiger partial charge < -0.3 is 15.8 Å². The van der Waals surface area contributed by atoms with Gasteiger partial charge in [-0.1, -0.05) is 43.0 Å². The quantitative estimate of drug-likeness (QED) is 0.589. The van der Waals surface area contributed by atoms with E-state index in [0.717, 1.165) is 19.3 Å². The van der Waals surface area contributed by atoms with E-state index in [1.54, 1.807) is 0 Å². The van der Waals surface area contributed by atoms with Crippen LogP contribution in [0, 0.1) is 5.92 Å². The van der Waals surface area contributed by atoms with Crippen LogP contribution in [0.4, 0.5) is 5.69 Å². The summed E-state index contributed by atoms with van der Waals surface area (Å²) in [6, 6.07) is 0.0955. The fourth-order valence-electron chi connectivity index (χ4n) is 2.81. The molecule has 3 atom stereocenters. The number of pyridine rings is 1. The molecule has 1 heterocycles. The van der Waals surface area contributed by atoms with Gasteiger partial charge in [0.2, 0.25) is 0 Å². The van der Waals surface area contributed by atoms with Gasteiger partial charge in [0.05, 0.1) is 5.69 Å². The number of nitrogen functional groups attached to an aromatic ring is 1. The van der Waals surface area contributed by atoms with Gasteiger partial charge in [0, 0.05) is 6.04 Å². The second-order valence-corrected chi connectivity index (χ2v) is 7.41. The topological polar surface area (TPSA) is 95.6 Å². The highest BCUT2D eigenvalue weighted by atomic mass is 35.5. The molecule has 1 aliphatic carbocycles. The summed E-state index contributed by atoms with van der Waals surface area (Å²) in [4.78, 5) is 27.1. The Bertz CT molecular complexity index is 684. The Morgan fingerprint density at radius 3 is 2.52 bits per heavy atom. The van der Waals surface area contributed by atoms with Crippen LogP contribution in [0.25, 0.3) is 0 Å². The second-order valence-electron chi connectivity index (χ2n) is 6.28. The predicted octanol–water partition coefficient (Wildman–Crippen LogP) is 3.28. The first-order valence-electron chi connectivity index (χ1n) is 8.09. The second kappa shape index (κ2) is 8.43. The van der Waals surface area contributed by atoms with Crippen molar-refractivity contribution in [1.82, 2.24) is 5.32 Å². The summed E-state index contributed by atoms with van der Waals surface area (Å²) in [5.74, 6) is -0.788. The molecule has 6 nitrogen and oxygen atoms in total. The van der Waals surface area contributed by atoms with E-state index in [2.05, 4.69) is 17.2 Å². The average Bonchev–Trinajstić information content (AvgIpc) is 2.58. The molecule has 9 heteroatoms. The minimum atomic E-state index is -0.984. The largest absolute Gasteiger partial charge is 0.445 e.